The van der Waals surface area contributed by atoms with Gasteiger partial charge in [0.1, 0.15) is 23.2 Å². The second-order valence-corrected chi connectivity index (χ2v) is 4.09. The predicted molar refractivity (Wildman–Crippen MR) is 75.7 cm³/mol. The summed E-state index contributed by atoms with van der Waals surface area (Å²) in [5.41, 5.74) is 17.2. The van der Waals surface area contributed by atoms with Crippen LogP contribution < -0.4 is 21.9 Å². The van der Waals surface area contributed by atoms with Gasteiger partial charge in [0.2, 0.25) is 5.95 Å². The number of nitrogens with two attached hydrogens (primary N) is 3. The first-order valence-corrected chi connectivity index (χ1v) is 5.86. The smallest absolute Gasteiger partial charge is 0.255 e. The topological polar surface area (TPSA) is 154 Å². The molecule has 0 aliphatic carbocycles. The van der Waals surface area contributed by atoms with Crippen molar-refractivity contribution in [3.05, 3.63) is 29.8 Å². The number of carbonyl (C=O) groups is 1. The minimum absolute atomic E-state index is 0.00320. The summed E-state index contributed by atoms with van der Waals surface area (Å²) in [6.45, 7) is -0.247. The van der Waals surface area contributed by atoms with Crippen LogP contribution >= 0.6 is 0 Å². The third-order valence-electron chi connectivity index (χ3n) is 2.55. The molecule has 1 aromatic carbocycles. The lowest BCUT2D eigenvalue weighted by Gasteiger charge is -2.09. The van der Waals surface area contributed by atoms with Crippen molar-refractivity contribution in [2.75, 3.05) is 18.1 Å². The summed E-state index contributed by atoms with van der Waals surface area (Å²) in [5, 5.41) is 9.15. The van der Waals surface area contributed by atoms with Gasteiger partial charge in [0, 0.05) is 5.56 Å². The molecule has 8 nitrogen and oxygen atoms in total. The maximum absolute atomic E-state index is 10.7. The summed E-state index contributed by atoms with van der Waals surface area (Å²) in [7, 11) is 0. The van der Waals surface area contributed by atoms with Crippen LogP contribution in [0.2, 0.25) is 0 Å². The Labute approximate surface area is 120 Å². The number of primary amides is 1. The summed E-state index contributed by atoms with van der Waals surface area (Å²) < 4.78 is 5.20. The number of nitrogen functional groups attached to an aromatic ring is 2. The number of hydrogen-bond donors (Lipinski definition) is 3. The molecule has 0 bridgehead atoms. The number of amides is 1. The zero-order valence-electron chi connectivity index (χ0n) is 10.9. The predicted octanol–water partition coefficient (Wildman–Crippen LogP) is 0.0438. The van der Waals surface area contributed by atoms with E-state index in [1.54, 1.807) is 24.3 Å². The third-order valence-corrected chi connectivity index (χ3v) is 2.55. The van der Waals surface area contributed by atoms with Crippen LogP contribution in [0.25, 0.3) is 11.3 Å². The summed E-state index contributed by atoms with van der Waals surface area (Å²) in [5.74, 6) is -0.215. The van der Waals surface area contributed by atoms with Gasteiger partial charge in [0.15, 0.2) is 6.61 Å². The number of nitriles is 1. The van der Waals surface area contributed by atoms with Gasteiger partial charge in [-0.2, -0.15) is 10.2 Å². The highest BCUT2D eigenvalue weighted by Gasteiger charge is 2.13. The van der Waals surface area contributed by atoms with E-state index in [-0.39, 0.29) is 23.9 Å². The van der Waals surface area contributed by atoms with Crippen molar-refractivity contribution in [1.82, 2.24) is 9.97 Å². The van der Waals surface area contributed by atoms with Gasteiger partial charge in [-0.15, -0.1) is 0 Å². The van der Waals surface area contributed by atoms with Crippen molar-refractivity contribution in [2.45, 2.75) is 0 Å². The normalized spacial score (nSPS) is 9.86. The van der Waals surface area contributed by atoms with Gasteiger partial charge in [-0.25, -0.2) is 4.98 Å². The van der Waals surface area contributed by atoms with Gasteiger partial charge in [-0.1, -0.05) is 12.1 Å². The Kier molecular flexibility index (Phi) is 3.85. The van der Waals surface area contributed by atoms with Crippen LogP contribution in [0.15, 0.2) is 24.3 Å². The van der Waals surface area contributed by atoms with Crippen LogP contribution in [0.1, 0.15) is 5.56 Å². The number of aromatic nitrogens is 2. The minimum Gasteiger partial charge on any atom is -0.484 e. The van der Waals surface area contributed by atoms with Gasteiger partial charge in [-0.05, 0) is 12.1 Å². The Hall–Kier alpha value is -3.34. The molecule has 0 aliphatic rings. The summed E-state index contributed by atoms with van der Waals surface area (Å²) in [6, 6.07) is 8.58. The van der Waals surface area contributed by atoms with Crippen molar-refractivity contribution in [2.24, 2.45) is 5.73 Å². The Morgan fingerprint density at radius 3 is 2.76 bits per heavy atom. The second kappa shape index (κ2) is 5.75. The molecule has 0 fully saturated rings. The maximum atomic E-state index is 10.7. The van der Waals surface area contributed by atoms with Crippen molar-refractivity contribution in [3.8, 4) is 23.1 Å². The van der Waals surface area contributed by atoms with Crippen LogP contribution in [0.4, 0.5) is 11.8 Å². The van der Waals surface area contributed by atoms with Gasteiger partial charge in [-0.3, -0.25) is 4.79 Å². The van der Waals surface area contributed by atoms with Gasteiger partial charge < -0.3 is 21.9 Å². The van der Waals surface area contributed by atoms with Crippen LogP contribution in [0.3, 0.4) is 0 Å². The van der Waals surface area contributed by atoms with E-state index in [4.69, 9.17) is 27.2 Å². The Morgan fingerprint density at radius 2 is 2.10 bits per heavy atom. The molecule has 21 heavy (non-hydrogen) atoms. The molecule has 6 N–H and O–H groups in total. The molecule has 2 rings (SSSR count). The van der Waals surface area contributed by atoms with Crippen LogP contribution in [0, 0.1) is 11.3 Å². The largest absolute Gasteiger partial charge is 0.484 e. The molecule has 0 radical (unpaired) electrons. The average molecular weight is 284 g/mol. The molecule has 0 unspecified atom stereocenters. The van der Waals surface area contributed by atoms with Crippen molar-refractivity contribution >= 4 is 17.7 Å². The molecule has 1 aromatic heterocycles. The van der Waals surface area contributed by atoms with Crippen LogP contribution in [-0.4, -0.2) is 22.5 Å². The molecule has 1 amide bonds. The number of benzene rings is 1. The molecular formula is C13H12N6O2. The van der Waals surface area contributed by atoms with Crippen molar-refractivity contribution < 1.29 is 9.53 Å². The third kappa shape index (κ3) is 3.16. The van der Waals surface area contributed by atoms with E-state index in [0.29, 0.717) is 17.0 Å². The summed E-state index contributed by atoms with van der Waals surface area (Å²) >= 11 is 0. The molecule has 0 spiro atoms. The quantitative estimate of drug-likeness (QED) is 0.716. The fraction of sp³-hybridized carbons (Fsp3) is 0.0769. The maximum Gasteiger partial charge on any atom is 0.255 e. The molecule has 0 saturated heterocycles. The van der Waals surface area contributed by atoms with E-state index in [1.165, 1.54) is 0 Å². The van der Waals surface area contributed by atoms with Gasteiger partial charge >= 0.3 is 0 Å². The lowest BCUT2D eigenvalue weighted by atomic mass is 10.1. The first-order valence-electron chi connectivity index (χ1n) is 5.86. The van der Waals surface area contributed by atoms with Gasteiger partial charge in [0.05, 0.1) is 5.69 Å². The molecule has 8 heteroatoms. The number of anilines is 2. The molecule has 1 heterocycles. The molecule has 0 saturated carbocycles. The first kappa shape index (κ1) is 14.1. The fourth-order valence-electron chi connectivity index (χ4n) is 1.70. The highest BCUT2D eigenvalue weighted by atomic mass is 16.5. The van der Waals surface area contributed by atoms with E-state index >= 15 is 0 Å². The average Bonchev–Trinajstić information content (AvgIpc) is 2.44. The number of ether oxygens (including phenoxy) is 1. The van der Waals surface area contributed by atoms with Gasteiger partial charge in [0.25, 0.3) is 5.91 Å². The Balaban J connectivity index is 2.45. The number of nitrogens with zero attached hydrogens (tertiary/aromatic N) is 3. The van der Waals surface area contributed by atoms with E-state index in [2.05, 4.69) is 9.97 Å². The number of rotatable bonds is 4. The lowest BCUT2D eigenvalue weighted by Crippen LogP contribution is -2.20. The lowest BCUT2D eigenvalue weighted by molar-refractivity contribution is -0.119. The summed E-state index contributed by atoms with van der Waals surface area (Å²) in [6.07, 6.45) is 0. The van der Waals surface area contributed by atoms with Crippen molar-refractivity contribution in [1.29, 1.82) is 5.26 Å². The van der Waals surface area contributed by atoms with Crippen LogP contribution in [0.5, 0.6) is 5.75 Å². The van der Waals surface area contributed by atoms with E-state index in [1.807, 2.05) is 6.07 Å². The standard InChI is InChI=1S/C13H12N6O2/c14-5-9-11(18-13(17)19-12(9)16)7-2-1-3-8(4-7)21-6-10(15)20/h1-4H,6H2,(H2,15,20)(H4,16,17,18,19). The van der Waals surface area contributed by atoms with E-state index < -0.39 is 5.91 Å². The monoisotopic (exact) mass is 284 g/mol. The Morgan fingerprint density at radius 1 is 1.33 bits per heavy atom. The fourth-order valence-corrected chi connectivity index (χ4v) is 1.70. The minimum atomic E-state index is -0.589. The Bertz CT molecular complexity index is 738. The molecule has 2 aromatic rings. The SMILES string of the molecule is N#Cc1c(N)nc(N)nc1-c1cccc(OCC(N)=O)c1. The second-order valence-electron chi connectivity index (χ2n) is 4.09. The molecule has 0 aliphatic heterocycles. The van der Waals surface area contributed by atoms with Crippen LogP contribution in [-0.2, 0) is 4.79 Å². The number of carbonyl (C=O) groups excluding carboxylic acids is 1. The molecule has 0 atom stereocenters. The highest BCUT2D eigenvalue weighted by Crippen LogP contribution is 2.27. The summed E-state index contributed by atoms with van der Waals surface area (Å²) in [4.78, 5) is 18.5. The van der Waals surface area contributed by atoms with E-state index in [9.17, 15) is 4.79 Å². The zero-order chi connectivity index (χ0) is 15.4. The molecule has 106 valence electrons. The number of hydrogen-bond acceptors (Lipinski definition) is 7. The van der Waals surface area contributed by atoms with E-state index in [0.717, 1.165) is 0 Å². The highest BCUT2D eigenvalue weighted by molar-refractivity contribution is 5.76. The van der Waals surface area contributed by atoms with Crippen molar-refractivity contribution in [3.63, 3.8) is 0 Å². The molecular weight excluding hydrogens is 272 g/mol. The first-order chi connectivity index (χ1) is 10.0. The zero-order valence-corrected chi connectivity index (χ0v) is 10.9.